The molecule has 100 valence electrons. The predicted molar refractivity (Wildman–Crippen MR) is 77.2 cm³/mol. The molecular weight excluding hydrogens is 220 g/mol. The number of nitrogens with two attached hydrogens (primary N) is 1. The van der Waals surface area contributed by atoms with Crippen LogP contribution in [0.5, 0.6) is 0 Å². The zero-order valence-electron chi connectivity index (χ0n) is 11.9. The first-order chi connectivity index (χ1) is 8.50. The first kappa shape index (κ1) is 13.6. The second-order valence-electron chi connectivity index (χ2n) is 6.62. The van der Waals surface area contributed by atoms with Gasteiger partial charge < -0.3 is 0 Å². The molecule has 2 rings (SSSR count). The number of hydrazine groups is 1. The summed E-state index contributed by atoms with van der Waals surface area (Å²) in [6.07, 6.45) is 5.31. The number of nitrogens with one attached hydrogen (secondary N) is 1. The summed E-state index contributed by atoms with van der Waals surface area (Å²) in [6, 6.07) is 9.23. The molecule has 0 radical (unpaired) electrons. The van der Waals surface area contributed by atoms with Crippen molar-refractivity contribution in [3.05, 3.63) is 35.4 Å². The molecule has 2 heteroatoms. The van der Waals surface area contributed by atoms with Gasteiger partial charge in [-0.2, -0.15) is 0 Å². The second kappa shape index (κ2) is 5.41. The number of benzene rings is 1. The van der Waals surface area contributed by atoms with Gasteiger partial charge in [0.1, 0.15) is 0 Å². The van der Waals surface area contributed by atoms with Crippen molar-refractivity contribution in [1.29, 1.82) is 0 Å². The van der Waals surface area contributed by atoms with E-state index < -0.39 is 0 Å². The van der Waals surface area contributed by atoms with Crippen molar-refractivity contribution < 1.29 is 0 Å². The number of hydrogen-bond donors (Lipinski definition) is 2. The highest BCUT2D eigenvalue weighted by Crippen LogP contribution is 2.34. The highest BCUT2D eigenvalue weighted by Gasteiger charge is 2.22. The molecule has 2 nitrogen and oxygen atoms in total. The van der Waals surface area contributed by atoms with Crippen molar-refractivity contribution >= 4 is 0 Å². The molecule has 3 N–H and O–H groups in total. The fraction of sp³-hybridized carbons (Fsp3) is 0.625. The van der Waals surface area contributed by atoms with Crippen LogP contribution in [-0.2, 0) is 5.41 Å². The summed E-state index contributed by atoms with van der Waals surface area (Å²) in [6.45, 7) is 6.74. The zero-order valence-corrected chi connectivity index (χ0v) is 11.9. The van der Waals surface area contributed by atoms with E-state index in [-0.39, 0.29) is 5.41 Å². The van der Waals surface area contributed by atoms with Gasteiger partial charge in [0.25, 0.3) is 0 Å². The molecule has 0 aromatic heterocycles. The van der Waals surface area contributed by atoms with Crippen molar-refractivity contribution in [3.8, 4) is 0 Å². The van der Waals surface area contributed by atoms with Crippen molar-refractivity contribution in [2.24, 2.45) is 11.8 Å². The molecule has 0 amide bonds. The Morgan fingerprint density at radius 2 is 1.83 bits per heavy atom. The lowest BCUT2D eigenvalue weighted by Gasteiger charge is -2.30. The van der Waals surface area contributed by atoms with Gasteiger partial charge in [0, 0.05) is 6.04 Å². The minimum atomic E-state index is 0.220. The fourth-order valence-corrected chi connectivity index (χ4v) is 2.58. The SMILES string of the molecule is CC(C)(C)c1ccc(C(CC2CCC2)NN)cc1. The average Bonchev–Trinajstić information content (AvgIpc) is 2.27. The third kappa shape index (κ3) is 3.12. The molecule has 0 heterocycles. The van der Waals surface area contributed by atoms with E-state index in [0.717, 1.165) is 5.92 Å². The lowest BCUT2D eigenvalue weighted by atomic mass is 9.79. The summed E-state index contributed by atoms with van der Waals surface area (Å²) in [4.78, 5) is 0. The quantitative estimate of drug-likeness (QED) is 0.628. The average molecular weight is 246 g/mol. The van der Waals surface area contributed by atoms with Crippen LogP contribution in [0.1, 0.15) is 63.6 Å². The van der Waals surface area contributed by atoms with Gasteiger partial charge in [-0.1, -0.05) is 64.3 Å². The van der Waals surface area contributed by atoms with Crippen LogP contribution in [-0.4, -0.2) is 0 Å². The summed E-state index contributed by atoms with van der Waals surface area (Å²) >= 11 is 0. The summed E-state index contributed by atoms with van der Waals surface area (Å²) < 4.78 is 0. The molecule has 1 fully saturated rings. The topological polar surface area (TPSA) is 38.0 Å². The van der Waals surface area contributed by atoms with Crippen LogP contribution in [0.2, 0.25) is 0 Å². The first-order valence-electron chi connectivity index (χ1n) is 7.07. The maximum atomic E-state index is 5.71. The summed E-state index contributed by atoms with van der Waals surface area (Å²) in [7, 11) is 0. The molecule has 1 aliphatic carbocycles. The monoisotopic (exact) mass is 246 g/mol. The van der Waals surface area contributed by atoms with Gasteiger partial charge in [0.15, 0.2) is 0 Å². The van der Waals surface area contributed by atoms with Crippen LogP contribution < -0.4 is 11.3 Å². The molecule has 18 heavy (non-hydrogen) atoms. The normalized spacial score (nSPS) is 18.4. The van der Waals surface area contributed by atoms with Crippen LogP contribution in [0.25, 0.3) is 0 Å². The van der Waals surface area contributed by atoms with Crippen molar-refractivity contribution in [2.45, 2.75) is 57.9 Å². The second-order valence-corrected chi connectivity index (χ2v) is 6.62. The van der Waals surface area contributed by atoms with Crippen LogP contribution in [0.15, 0.2) is 24.3 Å². The van der Waals surface area contributed by atoms with Crippen LogP contribution in [0.3, 0.4) is 0 Å². The Kier molecular flexibility index (Phi) is 4.08. The van der Waals surface area contributed by atoms with Gasteiger partial charge >= 0.3 is 0 Å². The smallest absolute Gasteiger partial charge is 0.0462 e. The molecule has 0 bridgehead atoms. The Morgan fingerprint density at radius 3 is 2.22 bits per heavy atom. The third-order valence-electron chi connectivity index (χ3n) is 4.17. The molecule has 1 unspecified atom stereocenters. The molecule has 1 aromatic carbocycles. The largest absolute Gasteiger partial charge is 0.271 e. The van der Waals surface area contributed by atoms with Crippen LogP contribution in [0.4, 0.5) is 0 Å². The molecule has 1 aromatic rings. The van der Waals surface area contributed by atoms with E-state index >= 15 is 0 Å². The van der Waals surface area contributed by atoms with E-state index in [9.17, 15) is 0 Å². The standard InChI is InChI=1S/C16H26N2/c1-16(2,3)14-9-7-13(8-10-14)15(18-17)11-12-5-4-6-12/h7-10,12,15,18H,4-6,11,17H2,1-3H3. The van der Waals surface area contributed by atoms with Gasteiger partial charge in [0.05, 0.1) is 0 Å². The molecule has 0 aliphatic heterocycles. The highest BCUT2D eigenvalue weighted by molar-refractivity contribution is 5.29. The van der Waals surface area contributed by atoms with E-state index in [1.165, 1.54) is 36.8 Å². The van der Waals surface area contributed by atoms with E-state index in [0.29, 0.717) is 6.04 Å². The highest BCUT2D eigenvalue weighted by atomic mass is 15.2. The zero-order chi connectivity index (χ0) is 13.2. The van der Waals surface area contributed by atoms with E-state index in [1.54, 1.807) is 0 Å². The maximum Gasteiger partial charge on any atom is 0.0462 e. The minimum Gasteiger partial charge on any atom is -0.271 e. The summed E-state index contributed by atoms with van der Waals surface area (Å²) in [5.41, 5.74) is 5.89. The molecule has 1 atom stereocenters. The van der Waals surface area contributed by atoms with Gasteiger partial charge in [-0.15, -0.1) is 0 Å². The summed E-state index contributed by atoms with van der Waals surface area (Å²) in [5.74, 6) is 6.57. The Balaban J connectivity index is 2.06. The van der Waals surface area contributed by atoms with E-state index in [2.05, 4.69) is 50.5 Å². The Bertz CT molecular complexity index is 371. The van der Waals surface area contributed by atoms with Crippen molar-refractivity contribution in [2.75, 3.05) is 0 Å². The van der Waals surface area contributed by atoms with Crippen LogP contribution in [0, 0.1) is 5.92 Å². The van der Waals surface area contributed by atoms with Gasteiger partial charge in [-0.05, 0) is 28.9 Å². The first-order valence-corrected chi connectivity index (χ1v) is 7.07. The number of rotatable bonds is 4. The number of hydrogen-bond acceptors (Lipinski definition) is 2. The molecule has 0 spiro atoms. The van der Waals surface area contributed by atoms with Crippen molar-refractivity contribution in [3.63, 3.8) is 0 Å². The molecule has 1 aliphatic rings. The molecule has 0 saturated heterocycles. The predicted octanol–water partition coefficient (Wildman–Crippen LogP) is 3.68. The summed E-state index contributed by atoms with van der Waals surface area (Å²) in [5, 5.41) is 0. The van der Waals surface area contributed by atoms with Gasteiger partial charge in [-0.3, -0.25) is 11.3 Å². The Labute approximate surface area is 111 Å². The fourth-order valence-electron chi connectivity index (χ4n) is 2.58. The molecular formula is C16H26N2. The molecule has 1 saturated carbocycles. The van der Waals surface area contributed by atoms with Gasteiger partial charge in [-0.25, -0.2) is 0 Å². The van der Waals surface area contributed by atoms with Crippen molar-refractivity contribution in [1.82, 2.24) is 5.43 Å². The lowest BCUT2D eigenvalue weighted by molar-refractivity contribution is 0.262. The maximum absolute atomic E-state index is 5.71. The van der Waals surface area contributed by atoms with E-state index in [4.69, 9.17) is 5.84 Å². The van der Waals surface area contributed by atoms with Gasteiger partial charge in [0.2, 0.25) is 0 Å². The minimum absolute atomic E-state index is 0.220. The van der Waals surface area contributed by atoms with Crippen LogP contribution >= 0.6 is 0 Å². The third-order valence-corrected chi connectivity index (χ3v) is 4.17. The van der Waals surface area contributed by atoms with E-state index in [1.807, 2.05) is 0 Å². The Hall–Kier alpha value is -0.860. The Morgan fingerprint density at radius 1 is 1.22 bits per heavy atom. The lowest BCUT2D eigenvalue weighted by Crippen LogP contribution is -2.31.